The minimum Gasteiger partial charge on any atom is -0.506 e. The fraction of sp³-hybridized carbons (Fsp3) is 0.500. The molecule has 0 heterocycles. The van der Waals surface area contributed by atoms with Gasteiger partial charge in [-0.2, -0.15) is 0 Å². The number of aliphatic hydroxyl groups excluding tert-OH is 1. The standard InChI is InChI=1S/C18H25FN2O5S.C2H6/c1-12(22)14(11-20-2)18(23)13-7-8-15(27(5,24)25)17(16(13)19)21(3)9-6-10-26-4;1-2/h7-8,11,23H,6,9-10H2,1-5H3;1-2H3/b18-14+,20-11?;. The summed E-state index contributed by atoms with van der Waals surface area (Å²) in [6.45, 7) is 5.97. The van der Waals surface area contributed by atoms with E-state index >= 15 is 4.39 Å². The fourth-order valence-electron chi connectivity index (χ4n) is 2.54. The van der Waals surface area contributed by atoms with E-state index < -0.39 is 27.2 Å². The van der Waals surface area contributed by atoms with Crippen LogP contribution in [-0.4, -0.2) is 66.1 Å². The molecule has 7 nitrogen and oxygen atoms in total. The van der Waals surface area contributed by atoms with Gasteiger partial charge in [-0.3, -0.25) is 9.79 Å². The van der Waals surface area contributed by atoms with Gasteiger partial charge in [-0.05, 0) is 25.5 Å². The second-order valence-electron chi connectivity index (χ2n) is 6.02. The van der Waals surface area contributed by atoms with Crippen LogP contribution in [0.4, 0.5) is 10.1 Å². The van der Waals surface area contributed by atoms with Gasteiger partial charge in [-0.25, -0.2) is 12.8 Å². The number of hydrogen-bond acceptors (Lipinski definition) is 7. The molecule has 0 fully saturated rings. The van der Waals surface area contributed by atoms with Crippen LogP contribution >= 0.6 is 0 Å². The summed E-state index contributed by atoms with van der Waals surface area (Å²) in [4.78, 5) is 16.7. The van der Waals surface area contributed by atoms with Crippen LogP contribution in [0.5, 0.6) is 0 Å². The van der Waals surface area contributed by atoms with Gasteiger partial charge >= 0.3 is 0 Å². The van der Waals surface area contributed by atoms with E-state index in [0.717, 1.165) is 18.5 Å². The van der Waals surface area contributed by atoms with E-state index in [1.54, 1.807) is 7.05 Å². The fourth-order valence-corrected chi connectivity index (χ4v) is 3.45. The zero-order valence-electron chi connectivity index (χ0n) is 18.1. The van der Waals surface area contributed by atoms with Crippen LogP contribution in [0.3, 0.4) is 0 Å². The number of nitrogens with zero attached hydrogens (tertiary/aromatic N) is 2. The van der Waals surface area contributed by atoms with Gasteiger partial charge in [0.25, 0.3) is 0 Å². The maximum absolute atomic E-state index is 15.3. The highest BCUT2D eigenvalue weighted by atomic mass is 32.2. The molecule has 0 radical (unpaired) electrons. The topological polar surface area (TPSA) is 96.3 Å². The van der Waals surface area contributed by atoms with E-state index in [-0.39, 0.29) is 21.7 Å². The molecule has 0 atom stereocenters. The van der Waals surface area contributed by atoms with E-state index in [0.29, 0.717) is 19.6 Å². The van der Waals surface area contributed by atoms with Gasteiger partial charge in [0.1, 0.15) is 5.76 Å². The van der Waals surface area contributed by atoms with Crippen molar-refractivity contribution >= 4 is 33.3 Å². The van der Waals surface area contributed by atoms with Crippen LogP contribution < -0.4 is 4.90 Å². The molecule has 29 heavy (non-hydrogen) atoms. The molecule has 0 aromatic heterocycles. The number of allylic oxidation sites excluding steroid dienone is 1. The predicted molar refractivity (Wildman–Crippen MR) is 115 cm³/mol. The summed E-state index contributed by atoms with van der Waals surface area (Å²) in [6.07, 6.45) is 2.65. The molecule has 0 saturated heterocycles. The Kier molecular flexibility index (Phi) is 11.4. The van der Waals surface area contributed by atoms with Crippen molar-refractivity contribution in [3.05, 3.63) is 29.1 Å². The molecule has 0 aliphatic heterocycles. The van der Waals surface area contributed by atoms with Gasteiger partial charge in [0.2, 0.25) is 0 Å². The molecule has 0 amide bonds. The summed E-state index contributed by atoms with van der Waals surface area (Å²) in [7, 11) is 0.767. The maximum atomic E-state index is 15.3. The zero-order chi connectivity index (χ0) is 22.8. The lowest BCUT2D eigenvalue weighted by molar-refractivity contribution is -0.113. The Labute approximate surface area is 172 Å². The first kappa shape index (κ1) is 26.7. The van der Waals surface area contributed by atoms with Gasteiger partial charge in [0.05, 0.1) is 21.7 Å². The van der Waals surface area contributed by atoms with Crippen LogP contribution in [0, 0.1) is 5.82 Å². The third-order valence-corrected chi connectivity index (χ3v) is 4.98. The molecule has 0 aliphatic rings. The molecule has 0 aliphatic carbocycles. The minimum absolute atomic E-state index is 0.170. The summed E-state index contributed by atoms with van der Waals surface area (Å²) in [5.74, 6) is -2.03. The lowest BCUT2D eigenvalue weighted by Crippen LogP contribution is -2.24. The molecular weight excluding hydrogens is 399 g/mol. The lowest BCUT2D eigenvalue weighted by Gasteiger charge is -2.23. The molecule has 1 aromatic carbocycles. The van der Waals surface area contributed by atoms with E-state index in [4.69, 9.17) is 4.74 Å². The first-order valence-electron chi connectivity index (χ1n) is 9.15. The summed E-state index contributed by atoms with van der Waals surface area (Å²) in [5.41, 5.74) is -0.619. The van der Waals surface area contributed by atoms with Crippen molar-refractivity contribution in [1.29, 1.82) is 0 Å². The Morgan fingerprint density at radius 2 is 1.93 bits per heavy atom. The SMILES string of the molecule is CC.CN=C/C(C(C)=O)=C(\O)c1ccc(S(C)(=O)=O)c(N(C)CCCOC)c1F. The van der Waals surface area contributed by atoms with Crippen molar-refractivity contribution in [2.45, 2.75) is 32.1 Å². The number of Topliss-reactive ketones (excluding diaryl/α,β-unsaturated/α-hetero) is 1. The third-order valence-electron chi connectivity index (χ3n) is 3.85. The smallest absolute Gasteiger partial charge is 0.177 e. The number of halogens is 1. The summed E-state index contributed by atoms with van der Waals surface area (Å²) >= 11 is 0. The molecule has 0 spiro atoms. The number of benzene rings is 1. The first-order valence-corrected chi connectivity index (χ1v) is 11.0. The van der Waals surface area contributed by atoms with Crippen molar-refractivity contribution in [3.63, 3.8) is 0 Å². The number of anilines is 1. The third kappa shape index (κ3) is 7.25. The van der Waals surface area contributed by atoms with Crippen LogP contribution in [0.1, 0.15) is 32.8 Å². The van der Waals surface area contributed by atoms with Crippen LogP contribution in [-0.2, 0) is 19.4 Å². The molecule has 0 unspecified atom stereocenters. The normalized spacial score (nSPS) is 12.3. The van der Waals surface area contributed by atoms with Gasteiger partial charge in [-0.15, -0.1) is 0 Å². The summed E-state index contributed by atoms with van der Waals surface area (Å²) < 4.78 is 44.4. The minimum atomic E-state index is -3.72. The summed E-state index contributed by atoms with van der Waals surface area (Å²) in [6, 6.07) is 2.35. The highest BCUT2D eigenvalue weighted by Crippen LogP contribution is 2.33. The van der Waals surface area contributed by atoms with Crippen LogP contribution in [0.25, 0.3) is 5.76 Å². The number of rotatable bonds is 9. The average Bonchev–Trinajstić information content (AvgIpc) is 2.66. The number of methoxy groups -OCH3 is 1. The quantitative estimate of drug-likeness (QED) is 0.280. The van der Waals surface area contributed by atoms with E-state index in [9.17, 15) is 18.3 Å². The second kappa shape index (κ2) is 12.3. The second-order valence-corrected chi connectivity index (χ2v) is 8.00. The number of sulfone groups is 1. The number of ketones is 1. The predicted octanol–water partition coefficient (Wildman–Crippen LogP) is 3.29. The number of aliphatic hydroxyl groups is 1. The van der Waals surface area contributed by atoms with Crippen molar-refractivity contribution < 1.29 is 27.4 Å². The van der Waals surface area contributed by atoms with Crippen molar-refractivity contribution in [2.24, 2.45) is 4.99 Å². The van der Waals surface area contributed by atoms with E-state index in [1.165, 1.54) is 32.0 Å². The number of carbonyl (C=O) groups is 1. The molecule has 164 valence electrons. The van der Waals surface area contributed by atoms with Gasteiger partial charge in [-0.1, -0.05) is 13.8 Å². The van der Waals surface area contributed by atoms with Gasteiger partial charge < -0.3 is 14.7 Å². The average molecular weight is 431 g/mol. The van der Waals surface area contributed by atoms with E-state index in [2.05, 4.69) is 4.99 Å². The summed E-state index contributed by atoms with van der Waals surface area (Å²) in [5, 5.41) is 10.4. The molecule has 1 rings (SSSR count). The van der Waals surface area contributed by atoms with Gasteiger partial charge in [0, 0.05) is 46.8 Å². The number of ether oxygens (including phenoxy) is 1. The van der Waals surface area contributed by atoms with Crippen LogP contribution in [0.15, 0.2) is 27.6 Å². The Morgan fingerprint density at radius 1 is 1.34 bits per heavy atom. The Morgan fingerprint density at radius 3 is 2.38 bits per heavy atom. The molecule has 1 N–H and O–H groups in total. The molecular formula is C20H31FN2O5S. The largest absolute Gasteiger partial charge is 0.506 e. The maximum Gasteiger partial charge on any atom is 0.177 e. The zero-order valence-corrected chi connectivity index (χ0v) is 18.9. The molecule has 1 aromatic rings. The molecule has 0 saturated carbocycles. The molecule has 0 bridgehead atoms. The van der Waals surface area contributed by atoms with E-state index in [1.807, 2.05) is 13.8 Å². The monoisotopic (exact) mass is 430 g/mol. The lowest BCUT2D eigenvalue weighted by atomic mass is 10.0. The van der Waals surface area contributed by atoms with Gasteiger partial charge in [0.15, 0.2) is 21.4 Å². The number of hydrogen-bond donors (Lipinski definition) is 1. The Hall–Kier alpha value is -2.26. The molecule has 9 heteroatoms. The van der Waals surface area contributed by atoms with Crippen molar-refractivity contribution in [2.75, 3.05) is 45.5 Å². The number of carbonyl (C=O) groups excluding carboxylic acids is 1. The number of aliphatic imine (C=N–C) groups is 1. The van der Waals surface area contributed by atoms with Crippen LogP contribution in [0.2, 0.25) is 0 Å². The Balaban J connectivity index is 0.00000379. The Bertz CT molecular complexity index is 864. The first-order chi connectivity index (χ1) is 13.6. The van der Waals surface area contributed by atoms with Crippen molar-refractivity contribution in [1.82, 2.24) is 0 Å². The highest BCUT2D eigenvalue weighted by molar-refractivity contribution is 7.90. The van der Waals surface area contributed by atoms with Crippen molar-refractivity contribution in [3.8, 4) is 0 Å². The highest BCUT2D eigenvalue weighted by Gasteiger charge is 2.25.